The van der Waals surface area contributed by atoms with E-state index in [0.29, 0.717) is 38.5 Å². The third-order valence-corrected chi connectivity index (χ3v) is 5.21. The number of thiazole rings is 1. The highest BCUT2D eigenvalue weighted by atomic mass is 32.1. The van der Waals surface area contributed by atoms with Crippen molar-refractivity contribution < 1.29 is 23.8 Å². The van der Waals surface area contributed by atoms with E-state index in [1.165, 1.54) is 28.3 Å². The van der Waals surface area contributed by atoms with E-state index < -0.39 is 5.91 Å². The van der Waals surface area contributed by atoms with Crippen LogP contribution in [-0.2, 0) is 0 Å². The molecule has 0 saturated heterocycles. The normalized spacial score (nSPS) is 10.3. The maximum atomic E-state index is 12.8. The lowest BCUT2D eigenvalue weighted by molar-refractivity contribution is 0.101. The van der Waals surface area contributed by atoms with Crippen LogP contribution in [0.3, 0.4) is 0 Å². The van der Waals surface area contributed by atoms with Gasteiger partial charge in [-0.3, -0.25) is 14.9 Å². The van der Waals surface area contributed by atoms with Crippen LogP contribution in [0.2, 0.25) is 0 Å². The highest BCUT2D eigenvalue weighted by Crippen LogP contribution is 2.38. The summed E-state index contributed by atoms with van der Waals surface area (Å²) < 4.78 is 15.9. The van der Waals surface area contributed by atoms with Gasteiger partial charge in [-0.15, -0.1) is 0 Å². The molecule has 0 aliphatic rings. The Bertz CT molecular complexity index is 1020. The molecule has 0 radical (unpaired) electrons. The average Bonchev–Trinajstić information content (AvgIpc) is 3.17. The predicted molar refractivity (Wildman–Crippen MR) is 112 cm³/mol. The summed E-state index contributed by atoms with van der Waals surface area (Å²) in [7, 11) is 4.44. The number of aromatic nitrogens is 1. The van der Waals surface area contributed by atoms with E-state index in [4.69, 9.17) is 14.2 Å². The molecule has 29 heavy (non-hydrogen) atoms. The van der Waals surface area contributed by atoms with Crippen molar-refractivity contribution >= 4 is 28.2 Å². The Hall–Kier alpha value is -3.39. The molecule has 7 nitrogen and oxygen atoms in total. The zero-order chi connectivity index (χ0) is 21.0. The highest BCUT2D eigenvalue weighted by Gasteiger charge is 2.20. The van der Waals surface area contributed by atoms with E-state index in [1.54, 1.807) is 12.1 Å². The lowest BCUT2D eigenvalue weighted by Gasteiger charge is -2.13. The van der Waals surface area contributed by atoms with Crippen LogP contribution in [0.5, 0.6) is 17.2 Å². The smallest absolute Gasteiger partial charge is 0.257 e. The number of methoxy groups -OCH3 is 3. The summed E-state index contributed by atoms with van der Waals surface area (Å²) in [5.74, 6) is 0.601. The van der Waals surface area contributed by atoms with Crippen molar-refractivity contribution in [2.75, 3.05) is 26.6 Å². The van der Waals surface area contributed by atoms with Gasteiger partial charge in [0.25, 0.3) is 5.91 Å². The molecule has 150 valence electrons. The lowest BCUT2D eigenvalue weighted by Crippen LogP contribution is -2.12. The molecule has 0 unspecified atom stereocenters. The molecule has 1 N–H and O–H groups in total. The van der Waals surface area contributed by atoms with Gasteiger partial charge in [-0.1, -0.05) is 41.7 Å². The zero-order valence-electron chi connectivity index (χ0n) is 16.4. The number of benzene rings is 2. The molecule has 2 aromatic carbocycles. The molecular formula is C21H20N2O5S. The fourth-order valence-electron chi connectivity index (χ4n) is 2.79. The molecule has 8 heteroatoms. The van der Waals surface area contributed by atoms with Gasteiger partial charge < -0.3 is 14.2 Å². The predicted octanol–water partition coefficient (Wildman–Crippen LogP) is 4.29. The fraction of sp³-hybridized carbons (Fsp3) is 0.190. The maximum Gasteiger partial charge on any atom is 0.257 e. The number of amides is 1. The molecular weight excluding hydrogens is 392 g/mol. The van der Waals surface area contributed by atoms with Gasteiger partial charge in [0.2, 0.25) is 5.75 Å². The number of ketones is 1. The SMILES string of the molecule is COc1cc(C(=O)Nc2nc(-c3ccccc3)c(C(C)=O)s2)cc(OC)c1OC. The first kappa shape index (κ1) is 20.3. The van der Waals surface area contributed by atoms with E-state index in [1.807, 2.05) is 30.3 Å². The summed E-state index contributed by atoms with van der Waals surface area (Å²) in [6, 6.07) is 12.5. The molecule has 0 atom stereocenters. The third kappa shape index (κ3) is 4.22. The summed E-state index contributed by atoms with van der Waals surface area (Å²) in [4.78, 5) is 29.8. The van der Waals surface area contributed by atoms with Crippen molar-refractivity contribution in [3.8, 4) is 28.5 Å². The van der Waals surface area contributed by atoms with Gasteiger partial charge in [-0.2, -0.15) is 0 Å². The van der Waals surface area contributed by atoms with E-state index in [-0.39, 0.29) is 5.78 Å². The first-order valence-electron chi connectivity index (χ1n) is 8.67. The summed E-state index contributed by atoms with van der Waals surface area (Å²) in [5.41, 5.74) is 1.66. The monoisotopic (exact) mass is 412 g/mol. The molecule has 1 aromatic heterocycles. The van der Waals surface area contributed by atoms with Gasteiger partial charge in [0.1, 0.15) is 0 Å². The number of Topliss-reactive ketones (excluding diaryl/α,β-unsaturated/α-hetero) is 1. The molecule has 3 aromatic rings. The number of ether oxygens (including phenoxy) is 3. The number of nitrogens with one attached hydrogen (secondary N) is 1. The first-order chi connectivity index (χ1) is 14.0. The summed E-state index contributed by atoms with van der Waals surface area (Å²) in [5, 5.41) is 3.07. The number of hydrogen-bond donors (Lipinski definition) is 1. The highest BCUT2D eigenvalue weighted by molar-refractivity contribution is 7.18. The van der Waals surface area contributed by atoms with Gasteiger partial charge in [0.05, 0.1) is 31.9 Å². The van der Waals surface area contributed by atoms with Crippen molar-refractivity contribution in [2.24, 2.45) is 0 Å². The van der Waals surface area contributed by atoms with Crippen LogP contribution < -0.4 is 19.5 Å². The molecule has 3 rings (SSSR count). The first-order valence-corrected chi connectivity index (χ1v) is 9.48. The standard InChI is InChI=1S/C21H20N2O5S/c1-12(24)19-17(13-8-6-5-7-9-13)22-21(29-19)23-20(25)14-10-15(26-2)18(28-4)16(11-14)27-3/h5-11H,1-4H3,(H,22,23,25). The fourth-order valence-corrected chi connectivity index (χ4v) is 3.66. The van der Waals surface area contributed by atoms with Crippen molar-refractivity contribution in [2.45, 2.75) is 6.92 Å². The minimum atomic E-state index is -0.410. The van der Waals surface area contributed by atoms with Crippen molar-refractivity contribution in [3.05, 3.63) is 52.9 Å². The van der Waals surface area contributed by atoms with E-state index >= 15 is 0 Å². The molecule has 1 heterocycles. The summed E-state index contributed by atoms with van der Waals surface area (Å²) in [6.45, 7) is 1.48. The van der Waals surface area contributed by atoms with Gasteiger partial charge >= 0.3 is 0 Å². The minimum absolute atomic E-state index is 0.116. The van der Waals surface area contributed by atoms with Crippen LogP contribution in [0.25, 0.3) is 11.3 Å². The maximum absolute atomic E-state index is 12.8. The molecule has 0 spiro atoms. The number of hydrogen-bond acceptors (Lipinski definition) is 7. The largest absolute Gasteiger partial charge is 0.493 e. The van der Waals surface area contributed by atoms with Crippen molar-refractivity contribution in [1.82, 2.24) is 4.98 Å². The van der Waals surface area contributed by atoms with E-state index in [0.717, 1.165) is 16.9 Å². The summed E-state index contributed by atoms with van der Waals surface area (Å²) in [6.07, 6.45) is 0. The molecule has 0 bridgehead atoms. The van der Waals surface area contributed by atoms with E-state index in [9.17, 15) is 9.59 Å². The van der Waals surface area contributed by atoms with Crippen molar-refractivity contribution in [3.63, 3.8) is 0 Å². The molecule has 1 amide bonds. The Balaban J connectivity index is 1.95. The quantitative estimate of drug-likeness (QED) is 0.583. The Morgan fingerprint density at radius 2 is 1.59 bits per heavy atom. The molecule has 0 saturated carbocycles. The second kappa shape index (κ2) is 8.74. The number of anilines is 1. The van der Waals surface area contributed by atoms with Crippen LogP contribution in [0.15, 0.2) is 42.5 Å². The zero-order valence-corrected chi connectivity index (χ0v) is 17.3. The van der Waals surface area contributed by atoms with Crippen LogP contribution in [0.1, 0.15) is 27.0 Å². The van der Waals surface area contributed by atoms with Crippen molar-refractivity contribution in [1.29, 1.82) is 0 Å². The van der Waals surface area contributed by atoms with Gasteiger partial charge in [0.15, 0.2) is 22.4 Å². The van der Waals surface area contributed by atoms with Crippen LogP contribution in [-0.4, -0.2) is 38.0 Å². The molecule has 0 aliphatic heterocycles. The van der Waals surface area contributed by atoms with Gasteiger partial charge in [0, 0.05) is 18.1 Å². The third-order valence-electron chi connectivity index (χ3n) is 4.14. The number of carbonyl (C=O) groups is 2. The Labute approximate surface area is 172 Å². The Kier molecular flexibility index (Phi) is 6.13. The Morgan fingerprint density at radius 3 is 2.10 bits per heavy atom. The minimum Gasteiger partial charge on any atom is -0.493 e. The molecule has 0 fully saturated rings. The second-order valence-corrected chi connectivity index (χ2v) is 6.99. The second-order valence-electron chi connectivity index (χ2n) is 5.99. The number of rotatable bonds is 7. The summed E-state index contributed by atoms with van der Waals surface area (Å²) >= 11 is 1.13. The van der Waals surface area contributed by atoms with Gasteiger partial charge in [-0.25, -0.2) is 4.98 Å². The van der Waals surface area contributed by atoms with Crippen LogP contribution >= 0.6 is 11.3 Å². The van der Waals surface area contributed by atoms with E-state index in [2.05, 4.69) is 10.3 Å². The number of nitrogens with zero attached hydrogens (tertiary/aromatic N) is 1. The Morgan fingerprint density at radius 1 is 0.966 bits per heavy atom. The number of carbonyl (C=O) groups excluding carboxylic acids is 2. The molecule has 0 aliphatic carbocycles. The lowest BCUT2D eigenvalue weighted by atomic mass is 10.1. The average molecular weight is 412 g/mol. The topological polar surface area (TPSA) is 86.8 Å². The van der Waals surface area contributed by atoms with Gasteiger partial charge in [-0.05, 0) is 12.1 Å². The van der Waals surface area contributed by atoms with Crippen LogP contribution in [0, 0.1) is 0 Å². The van der Waals surface area contributed by atoms with Crippen LogP contribution in [0.4, 0.5) is 5.13 Å².